The predicted octanol–water partition coefficient (Wildman–Crippen LogP) is 0.845. The maximum absolute atomic E-state index is 11.1. The summed E-state index contributed by atoms with van der Waals surface area (Å²) in [6.45, 7) is 4.59. The van der Waals surface area contributed by atoms with Crippen LogP contribution < -0.4 is 11.5 Å². The van der Waals surface area contributed by atoms with E-state index in [1.165, 1.54) is 39.6 Å². The Bertz CT molecular complexity index is 1880. The third-order valence-corrected chi connectivity index (χ3v) is 5.16. The Morgan fingerprint density at radius 3 is 1.54 bits per heavy atom. The van der Waals surface area contributed by atoms with Gasteiger partial charge in [-0.1, -0.05) is 0 Å². The van der Waals surface area contributed by atoms with E-state index in [4.69, 9.17) is 31.0 Å². The van der Waals surface area contributed by atoms with Crippen molar-refractivity contribution in [3.05, 3.63) is 65.5 Å². The summed E-state index contributed by atoms with van der Waals surface area (Å²) in [6.07, 6.45) is 5.90. The van der Waals surface area contributed by atoms with Gasteiger partial charge >= 0.3 is 11.9 Å². The lowest BCUT2D eigenvalue weighted by atomic mass is 10.2. The van der Waals surface area contributed by atoms with Gasteiger partial charge in [0, 0.05) is 7.11 Å². The molecule has 0 radical (unpaired) electrons. The fourth-order valence-corrected chi connectivity index (χ4v) is 3.22. The Balaban J connectivity index is 0.000000638. The van der Waals surface area contributed by atoms with Gasteiger partial charge < -0.3 is 45.9 Å². The van der Waals surface area contributed by atoms with Gasteiger partial charge in [0.25, 0.3) is 10.1 Å². The molecule has 5 aromatic heterocycles. The van der Waals surface area contributed by atoms with E-state index in [2.05, 4.69) is 44.4 Å². The lowest BCUT2D eigenvalue weighted by molar-refractivity contribution is -0.106. The number of aromatic nitrogens is 7. The second-order valence-electron chi connectivity index (χ2n) is 9.05. The van der Waals surface area contributed by atoms with Gasteiger partial charge in [0.15, 0.2) is 11.4 Å². The van der Waals surface area contributed by atoms with Crippen LogP contribution in [-0.4, -0.2) is 116 Å². The molecule has 0 amide bonds. The van der Waals surface area contributed by atoms with E-state index in [1.807, 2.05) is 13.8 Å². The maximum Gasteiger partial charge on any atom is 0.356 e. The number of imidazole rings is 2. The number of nitrogens with one attached hydrogen (secondary N) is 2. The minimum Gasteiger partial charge on any atom is -0.464 e. The van der Waals surface area contributed by atoms with Crippen molar-refractivity contribution in [1.82, 2.24) is 34.9 Å². The van der Waals surface area contributed by atoms with Crippen LogP contribution >= 0.6 is 0 Å². The number of nitrogen functional groups attached to an aromatic ring is 2. The summed E-state index contributed by atoms with van der Waals surface area (Å²) in [6, 6.07) is 4.54. The number of rotatable bonds is 4. The second-order valence-corrected chi connectivity index (χ2v) is 10.5. The highest BCUT2D eigenvalue weighted by molar-refractivity contribution is 7.85. The van der Waals surface area contributed by atoms with Crippen molar-refractivity contribution in [3.63, 3.8) is 0 Å². The fourth-order valence-electron chi connectivity index (χ4n) is 3.22. The predicted molar refractivity (Wildman–Crippen MR) is 182 cm³/mol. The van der Waals surface area contributed by atoms with Gasteiger partial charge in [0.1, 0.15) is 30.2 Å². The first-order chi connectivity index (χ1) is 23.5. The lowest BCUT2D eigenvalue weighted by Gasteiger charge is -2.01. The number of hydrogen-bond donors (Lipinski definition) is 7. The number of anilines is 2. The number of aldehydes is 1. The number of methoxy groups -OCH3 is 2. The molecule has 9 N–H and O–H groups in total. The van der Waals surface area contributed by atoms with Crippen LogP contribution in [0.4, 0.5) is 11.4 Å². The van der Waals surface area contributed by atoms with Gasteiger partial charge in [-0.25, -0.2) is 29.5 Å². The van der Waals surface area contributed by atoms with Crippen molar-refractivity contribution in [3.8, 4) is 0 Å². The van der Waals surface area contributed by atoms with Crippen LogP contribution in [-0.2, 0) is 24.4 Å². The van der Waals surface area contributed by atoms with Crippen molar-refractivity contribution < 1.29 is 51.8 Å². The van der Waals surface area contributed by atoms with Gasteiger partial charge in [-0.15, -0.1) is 0 Å². The summed E-state index contributed by atoms with van der Waals surface area (Å²) < 4.78 is 34.9. The largest absolute Gasteiger partial charge is 0.464 e. The number of fused-ring (bicyclic) bond motifs is 2. The van der Waals surface area contributed by atoms with E-state index in [9.17, 15) is 22.8 Å². The van der Waals surface area contributed by atoms with Crippen molar-refractivity contribution in [2.24, 2.45) is 0 Å². The quantitative estimate of drug-likeness (QED) is 0.0585. The third kappa shape index (κ3) is 15.8. The fraction of sp³-hybridized carbons (Fsp3) is 0.276. The van der Waals surface area contributed by atoms with Crippen molar-refractivity contribution >= 4 is 67.6 Å². The lowest BCUT2D eigenvalue weighted by Crippen LogP contribution is -2.06. The molecule has 0 saturated carbocycles. The van der Waals surface area contributed by atoms with Crippen molar-refractivity contribution in [2.75, 3.05) is 45.7 Å². The number of nitrogens with two attached hydrogens (primary N) is 2. The van der Waals surface area contributed by atoms with E-state index < -0.39 is 34.4 Å². The Hall–Kier alpha value is -5.90. The molecule has 5 heterocycles. The molecular formula is C29H39N9O11S. The maximum atomic E-state index is 11.1. The number of ketones is 1. The Labute approximate surface area is 286 Å². The highest BCUT2D eigenvalue weighted by atomic mass is 32.2. The molecule has 0 atom stereocenters. The summed E-state index contributed by atoms with van der Waals surface area (Å²) in [5.74, 6) is 0.195. The normalized spacial score (nSPS) is 9.72. The number of H-pyrrole nitrogens is 2. The van der Waals surface area contributed by atoms with E-state index in [-0.39, 0.29) is 17.1 Å². The molecule has 21 heteroatoms. The van der Waals surface area contributed by atoms with E-state index in [0.717, 1.165) is 41.6 Å². The topological polar surface area (TPSA) is 330 Å². The Kier molecular flexibility index (Phi) is 19.3. The van der Waals surface area contributed by atoms with Crippen molar-refractivity contribution in [1.29, 1.82) is 0 Å². The summed E-state index contributed by atoms with van der Waals surface area (Å²) in [4.78, 5) is 67.9. The average molecular weight is 722 g/mol. The van der Waals surface area contributed by atoms with Crippen molar-refractivity contribution in [2.45, 2.75) is 20.8 Å². The molecule has 0 saturated heterocycles. The number of esters is 2. The summed E-state index contributed by atoms with van der Waals surface area (Å²) in [7, 11) is -0.0689. The smallest absolute Gasteiger partial charge is 0.356 e. The number of hydrogen-bond acceptors (Lipinski definition) is 17. The molecule has 0 unspecified atom stereocenters. The number of aromatic amines is 2. The number of Topliss-reactive ketones (excluding diaryl/α,β-unsaturated/α-hetero) is 1. The minimum absolute atomic E-state index is 0.157. The number of nitrogens with zero attached hydrogens (tertiary/aromatic N) is 5. The third-order valence-electron chi connectivity index (χ3n) is 5.16. The number of aliphatic hydroxyl groups is 2. The molecule has 0 fully saturated rings. The highest BCUT2D eigenvalue weighted by Gasteiger charge is 2.10. The molecule has 20 nitrogen and oxygen atoms in total. The molecule has 0 bridgehead atoms. The number of carbonyl (C=O) groups excluding carboxylic acids is 4. The molecule has 0 aliphatic heterocycles. The number of aliphatic hydroxyl groups excluding tert-OH is 2. The highest BCUT2D eigenvalue weighted by Crippen LogP contribution is 2.14. The van der Waals surface area contributed by atoms with Gasteiger partial charge in [0.2, 0.25) is 5.78 Å². The minimum atomic E-state index is -3.67. The van der Waals surface area contributed by atoms with E-state index in [1.54, 1.807) is 18.3 Å². The Morgan fingerprint density at radius 1 is 0.800 bits per heavy atom. The first-order valence-electron chi connectivity index (χ1n) is 13.7. The van der Waals surface area contributed by atoms with Crippen LogP contribution in [0, 0.1) is 13.8 Å². The van der Waals surface area contributed by atoms with E-state index in [0.29, 0.717) is 23.1 Å². The molecule has 5 aromatic rings. The first kappa shape index (κ1) is 44.1. The summed E-state index contributed by atoms with van der Waals surface area (Å²) in [5.41, 5.74) is 15.2. The molecule has 0 aliphatic rings. The molecule has 0 spiro atoms. The zero-order chi connectivity index (χ0) is 38.6. The van der Waals surface area contributed by atoms with Gasteiger partial charge in [-0.05, 0) is 39.0 Å². The molecule has 272 valence electrons. The number of aryl methyl sites for hydroxylation is 2. The summed E-state index contributed by atoms with van der Waals surface area (Å²) >= 11 is 0. The van der Waals surface area contributed by atoms with Gasteiger partial charge in [-0.3, -0.25) is 14.3 Å². The summed E-state index contributed by atoms with van der Waals surface area (Å²) in [5, 5.41) is 15.6. The molecule has 0 aromatic carbocycles. The number of pyridine rings is 3. The average Bonchev–Trinajstić information content (AvgIpc) is 3.65. The Morgan fingerprint density at radius 2 is 1.16 bits per heavy atom. The SMILES string of the molecule is CC=O.CO.COC(=O)c1cc(N)c(N)cn1.COC(=O)c1cc2nc(C)[nH]c2cn1.CS(=O)(=O)O.Cc1nc2cc(C(=O)CO)ncc2[nH]1. The molecule has 50 heavy (non-hydrogen) atoms. The van der Waals surface area contributed by atoms with Crippen LogP contribution in [0.2, 0.25) is 0 Å². The van der Waals surface area contributed by atoms with Crippen LogP contribution in [0.25, 0.3) is 22.1 Å². The van der Waals surface area contributed by atoms with Crippen LogP contribution in [0.5, 0.6) is 0 Å². The second kappa shape index (κ2) is 21.9. The molecular weight excluding hydrogens is 682 g/mol. The zero-order valence-electron chi connectivity index (χ0n) is 28.2. The number of carbonyl (C=O) groups is 4. The number of ether oxygens (including phenoxy) is 2. The zero-order valence-corrected chi connectivity index (χ0v) is 29.0. The first-order valence-corrected chi connectivity index (χ1v) is 15.6. The standard InChI is InChI=1S/2C9H9N3O2.C7H9N3O2.C2H4O.CH4O3S.CH4O/c1-5-11-6-3-7(9(13)14-2)10-4-8(6)12-5;1-5-11-6-2-7(9(14)4-13)10-3-8(6)12-5;1-12-7(11)6-2-4(8)5(9)3-10-6;1-2-3;1-5(2,3)4;1-2/h3-4H,1-2H3,(H,11,12);2-3,13H,4H2,1H3,(H,11,12);2-3H,9H2,1H3,(H2,8,10);2H,1H3;1H3,(H,2,3,4);2H,1H3. The van der Waals surface area contributed by atoms with Crippen LogP contribution in [0.15, 0.2) is 36.8 Å². The molecule has 0 aliphatic carbocycles. The monoisotopic (exact) mass is 721 g/mol. The van der Waals surface area contributed by atoms with Crippen LogP contribution in [0.3, 0.4) is 0 Å². The van der Waals surface area contributed by atoms with E-state index >= 15 is 0 Å². The molecule has 5 rings (SSSR count). The van der Waals surface area contributed by atoms with Gasteiger partial charge in [0.05, 0.1) is 72.5 Å². The van der Waals surface area contributed by atoms with Crippen LogP contribution in [0.1, 0.15) is 50.0 Å². The van der Waals surface area contributed by atoms with Gasteiger partial charge in [-0.2, -0.15) is 8.42 Å².